The second-order valence-electron chi connectivity index (χ2n) is 4.34. The molecule has 0 spiro atoms. The number of halogens is 5. The number of aliphatic imine (C=N–C) groups is 1. The molecule has 1 N–H and O–H groups in total. The van der Waals surface area contributed by atoms with Gasteiger partial charge < -0.3 is 5.11 Å². The number of carboxylic acids is 1. The molecule has 1 heterocycles. The first kappa shape index (κ1) is 15.1. The lowest BCUT2D eigenvalue weighted by Gasteiger charge is -2.20. The lowest BCUT2D eigenvalue weighted by molar-refractivity contribution is -0.289. The van der Waals surface area contributed by atoms with E-state index in [-0.39, 0.29) is 23.2 Å². The molecule has 0 radical (unpaired) electrons. The van der Waals surface area contributed by atoms with Crippen LogP contribution in [-0.4, -0.2) is 23.5 Å². The van der Waals surface area contributed by atoms with E-state index in [1.165, 1.54) is 6.08 Å². The second-order valence-corrected chi connectivity index (χ2v) is 4.34. The highest BCUT2D eigenvalue weighted by atomic mass is 19.4. The highest BCUT2D eigenvalue weighted by molar-refractivity contribution is 5.98. The fraction of sp³-hybridized carbons (Fsp3) is 0.231. The summed E-state index contributed by atoms with van der Waals surface area (Å²) in [5.74, 6) is -6.21. The normalized spacial score (nSPS) is 15.2. The van der Waals surface area contributed by atoms with Crippen molar-refractivity contribution in [1.29, 1.82) is 0 Å². The molecule has 0 fully saturated rings. The summed E-state index contributed by atoms with van der Waals surface area (Å²) in [6.07, 6.45) is -3.41. The Kier molecular flexibility index (Phi) is 3.56. The largest absolute Gasteiger partial charge is 0.478 e. The van der Waals surface area contributed by atoms with Crippen molar-refractivity contribution in [2.45, 2.75) is 18.5 Å². The minimum Gasteiger partial charge on any atom is -0.478 e. The maximum absolute atomic E-state index is 13.3. The number of alkyl halides is 5. The third-order valence-corrected chi connectivity index (χ3v) is 2.90. The highest BCUT2D eigenvalue weighted by Crippen LogP contribution is 2.45. The minimum atomic E-state index is -5.71. The van der Waals surface area contributed by atoms with Crippen molar-refractivity contribution < 1.29 is 31.9 Å². The number of carboxylic acid groups (broad SMARTS) is 1. The van der Waals surface area contributed by atoms with Crippen LogP contribution < -0.4 is 0 Å². The summed E-state index contributed by atoms with van der Waals surface area (Å²) >= 11 is 0. The average Bonchev–Trinajstić information content (AvgIpc) is 2.58. The number of hydrogen-bond acceptors (Lipinski definition) is 2. The number of aliphatic carboxylic acids is 1. The first-order valence-electron chi connectivity index (χ1n) is 5.68. The molecule has 0 aliphatic carbocycles. The van der Waals surface area contributed by atoms with Gasteiger partial charge in [-0.15, -0.1) is 0 Å². The number of benzene rings is 1. The lowest BCUT2D eigenvalue weighted by atomic mass is 10.0. The molecule has 0 saturated carbocycles. The maximum Gasteiger partial charge on any atom is 0.458 e. The smallest absolute Gasteiger partial charge is 0.458 e. The van der Waals surface area contributed by atoms with Gasteiger partial charge in [-0.05, 0) is 12.1 Å². The van der Waals surface area contributed by atoms with Crippen LogP contribution in [0, 0.1) is 0 Å². The van der Waals surface area contributed by atoms with Crippen LogP contribution in [0.25, 0.3) is 6.08 Å². The van der Waals surface area contributed by atoms with Gasteiger partial charge in [0.2, 0.25) is 0 Å². The molecule has 3 nitrogen and oxygen atoms in total. The van der Waals surface area contributed by atoms with E-state index in [2.05, 4.69) is 4.99 Å². The zero-order chi connectivity index (χ0) is 15.8. The first-order chi connectivity index (χ1) is 9.63. The standard InChI is InChI=1S/C13H8F5NO2/c14-12(15,13(16,17)18)9-2-1-7-5-8(11(20)21)3-4-19-10(7)6-9/h1-2,4-6H,3H2,(H,20,21). The SMILES string of the molecule is O=C(O)C1=Cc2ccc(C(F)(F)C(F)(F)F)cc2N=CC1. The Bertz CT molecular complexity index is 646. The molecule has 21 heavy (non-hydrogen) atoms. The van der Waals surface area contributed by atoms with Gasteiger partial charge in [-0.2, -0.15) is 22.0 Å². The summed E-state index contributed by atoms with van der Waals surface area (Å²) < 4.78 is 63.5. The molecule has 1 aliphatic rings. The predicted octanol–water partition coefficient (Wildman–Crippen LogP) is 3.91. The molecular formula is C13H8F5NO2. The third kappa shape index (κ3) is 2.79. The van der Waals surface area contributed by atoms with Crippen LogP contribution in [0.4, 0.5) is 27.6 Å². The Morgan fingerprint density at radius 2 is 1.86 bits per heavy atom. The van der Waals surface area contributed by atoms with Gasteiger partial charge in [-0.25, -0.2) is 4.79 Å². The van der Waals surface area contributed by atoms with Crippen molar-refractivity contribution in [2.24, 2.45) is 4.99 Å². The Balaban J connectivity index is 2.51. The number of nitrogens with zero attached hydrogens (tertiary/aromatic N) is 1. The van der Waals surface area contributed by atoms with E-state index in [4.69, 9.17) is 5.11 Å². The monoisotopic (exact) mass is 305 g/mol. The van der Waals surface area contributed by atoms with E-state index in [0.717, 1.165) is 12.3 Å². The Hall–Kier alpha value is -2.25. The van der Waals surface area contributed by atoms with E-state index in [9.17, 15) is 26.7 Å². The Labute approximate surface area is 115 Å². The van der Waals surface area contributed by atoms with Gasteiger partial charge >= 0.3 is 18.1 Å². The Morgan fingerprint density at radius 3 is 2.43 bits per heavy atom. The molecule has 112 valence electrons. The summed E-state index contributed by atoms with van der Waals surface area (Å²) in [6.45, 7) is 0. The second kappa shape index (κ2) is 4.94. The van der Waals surface area contributed by atoms with Gasteiger partial charge in [0.05, 0.1) is 5.69 Å². The molecule has 1 aromatic carbocycles. The van der Waals surface area contributed by atoms with Gasteiger partial charge in [0.25, 0.3) is 0 Å². The lowest BCUT2D eigenvalue weighted by Crippen LogP contribution is -2.33. The summed E-state index contributed by atoms with van der Waals surface area (Å²) in [7, 11) is 0. The van der Waals surface area contributed by atoms with Crippen LogP contribution in [0.1, 0.15) is 17.5 Å². The molecule has 0 saturated heterocycles. The maximum atomic E-state index is 13.3. The molecule has 1 aromatic rings. The zero-order valence-corrected chi connectivity index (χ0v) is 10.3. The molecule has 0 unspecified atom stereocenters. The summed E-state index contributed by atoms with van der Waals surface area (Å²) in [4.78, 5) is 14.6. The third-order valence-electron chi connectivity index (χ3n) is 2.90. The van der Waals surface area contributed by atoms with Crippen LogP contribution in [-0.2, 0) is 10.7 Å². The van der Waals surface area contributed by atoms with Gasteiger partial charge in [-0.3, -0.25) is 4.99 Å². The van der Waals surface area contributed by atoms with E-state index in [0.29, 0.717) is 12.1 Å². The van der Waals surface area contributed by atoms with Crippen LogP contribution in [0.2, 0.25) is 0 Å². The van der Waals surface area contributed by atoms with E-state index < -0.39 is 23.6 Å². The van der Waals surface area contributed by atoms with Crippen molar-refractivity contribution in [2.75, 3.05) is 0 Å². The number of carbonyl (C=O) groups is 1. The molecule has 0 aromatic heterocycles. The number of hydrogen-bond donors (Lipinski definition) is 1. The number of rotatable bonds is 2. The quantitative estimate of drug-likeness (QED) is 0.842. The van der Waals surface area contributed by atoms with E-state index in [1.807, 2.05) is 0 Å². The molecule has 0 atom stereocenters. The molecule has 8 heteroatoms. The highest BCUT2D eigenvalue weighted by Gasteiger charge is 2.58. The van der Waals surface area contributed by atoms with Crippen molar-refractivity contribution >= 4 is 23.9 Å². The summed E-state index contributed by atoms with van der Waals surface area (Å²) in [5, 5.41) is 8.88. The van der Waals surface area contributed by atoms with Gasteiger partial charge in [-0.1, -0.05) is 12.1 Å². The van der Waals surface area contributed by atoms with Gasteiger partial charge in [0.15, 0.2) is 0 Å². The fourth-order valence-electron chi connectivity index (χ4n) is 1.77. The number of fused-ring (bicyclic) bond motifs is 1. The van der Waals surface area contributed by atoms with Gasteiger partial charge in [0, 0.05) is 29.3 Å². The van der Waals surface area contributed by atoms with Crippen molar-refractivity contribution in [3.63, 3.8) is 0 Å². The van der Waals surface area contributed by atoms with Crippen LogP contribution in [0.15, 0.2) is 28.8 Å². The molecule has 0 amide bonds. The average molecular weight is 305 g/mol. The van der Waals surface area contributed by atoms with Crippen molar-refractivity contribution in [1.82, 2.24) is 0 Å². The predicted molar refractivity (Wildman–Crippen MR) is 64.8 cm³/mol. The zero-order valence-electron chi connectivity index (χ0n) is 10.3. The summed E-state index contributed by atoms with van der Waals surface area (Å²) in [5.41, 5.74) is -1.23. The first-order valence-corrected chi connectivity index (χ1v) is 5.68. The van der Waals surface area contributed by atoms with Crippen LogP contribution in [0.3, 0.4) is 0 Å². The van der Waals surface area contributed by atoms with Crippen LogP contribution >= 0.6 is 0 Å². The van der Waals surface area contributed by atoms with Gasteiger partial charge in [0.1, 0.15) is 0 Å². The summed E-state index contributed by atoms with van der Waals surface area (Å²) in [6, 6.07) is 2.22. The van der Waals surface area contributed by atoms with Crippen molar-refractivity contribution in [3.05, 3.63) is 34.9 Å². The minimum absolute atomic E-state index is 0.0344. The molecule has 0 bridgehead atoms. The van der Waals surface area contributed by atoms with E-state index >= 15 is 0 Å². The topological polar surface area (TPSA) is 49.7 Å². The fourth-order valence-corrected chi connectivity index (χ4v) is 1.77. The Morgan fingerprint density at radius 1 is 1.19 bits per heavy atom. The van der Waals surface area contributed by atoms with Crippen molar-refractivity contribution in [3.8, 4) is 0 Å². The molecule has 2 rings (SSSR count). The van der Waals surface area contributed by atoms with Crippen LogP contribution in [0.5, 0.6) is 0 Å². The molecular weight excluding hydrogens is 297 g/mol. The molecule has 1 aliphatic heterocycles. The van der Waals surface area contributed by atoms with E-state index in [1.54, 1.807) is 0 Å².